The number of benzene rings is 3. The van der Waals surface area contributed by atoms with E-state index in [1.807, 2.05) is 73.7 Å². The van der Waals surface area contributed by atoms with Gasteiger partial charge in [0.25, 0.3) is 5.91 Å². The van der Waals surface area contributed by atoms with Crippen molar-refractivity contribution >= 4 is 57.5 Å². The number of nitrogens with zero attached hydrogens (tertiary/aromatic N) is 1. The molecule has 0 aliphatic rings. The maximum atomic E-state index is 12.6. The monoisotopic (exact) mass is 468 g/mol. The number of carbonyl (C=O) groups excluding carboxylic acids is 1. The van der Waals surface area contributed by atoms with E-state index in [-0.39, 0.29) is 12.5 Å². The Bertz CT molecular complexity index is 1250. The second kappa shape index (κ2) is 9.60. The average Bonchev–Trinajstić information content (AvgIpc) is 2.75. The number of hydrogen-bond acceptors (Lipinski definition) is 4. The summed E-state index contributed by atoms with van der Waals surface area (Å²) in [7, 11) is 0. The highest BCUT2D eigenvalue weighted by Gasteiger charge is 2.15. The largest absolute Gasteiger partial charge is 0.480 e. The highest BCUT2D eigenvalue weighted by atomic mass is 35.5. The van der Waals surface area contributed by atoms with Crippen molar-refractivity contribution < 1.29 is 9.53 Å². The molecule has 1 aromatic heterocycles. The number of amides is 1. The second-order valence-electron chi connectivity index (χ2n) is 6.77. The molecule has 1 N–H and O–H groups in total. The fraction of sp³-hybridized carbons (Fsp3) is 0.0833. The van der Waals surface area contributed by atoms with Crippen molar-refractivity contribution in [3.8, 4) is 5.75 Å². The third-order valence-corrected chi connectivity index (χ3v) is 6.13. The molecule has 4 aromatic rings. The van der Waals surface area contributed by atoms with Gasteiger partial charge in [-0.1, -0.05) is 65.3 Å². The number of anilines is 1. The smallest absolute Gasteiger partial charge is 0.262 e. The Labute approximate surface area is 194 Å². The van der Waals surface area contributed by atoms with Gasteiger partial charge in [-0.3, -0.25) is 4.79 Å². The summed E-state index contributed by atoms with van der Waals surface area (Å²) in [6.45, 7) is 1.66. The minimum Gasteiger partial charge on any atom is -0.480 e. The van der Waals surface area contributed by atoms with Gasteiger partial charge in [0.1, 0.15) is 5.52 Å². The molecule has 7 heteroatoms. The number of carbonyl (C=O) groups is 1. The van der Waals surface area contributed by atoms with Gasteiger partial charge in [0, 0.05) is 20.9 Å². The summed E-state index contributed by atoms with van der Waals surface area (Å²) in [6.07, 6.45) is 0. The van der Waals surface area contributed by atoms with Crippen molar-refractivity contribution in [2.75, 3.05) is 11.9 Å². The van der Waals surface area contributed by atoms with E-state index in [1.165, 1.54) is 0 Å². The Morgan fingerprint density at radius 3 is 2.55 bits per heavy atom. The first-order valence-corrected chi connectivity index (χ1v) is 11.1. The van der Waals surface area contributed by atoms with Gasteiger partial charge in [0.15, 0.2) is 12.4 Å². The minimum absolute atomic E-state index is 0.212. The molecular formula is C24H18Cl2N2O2S. The Balaban J connectivity index is 1.51. The summed E-state index contributed by atoms with van der Waals surface area (Å²) in [5, 5.41) is 4.43. The Morgan fingerprint density at radius 2 is 1.74 bits per heavy atom. The number of pyridine rings is 1. The van der Waals surface area contributed by atoms with Crippen LogP contribution in [0.1, 0.15) is 5.69 Å². The maximum Gasteiger partial charge on any atom is 0.262 e. The van der Waals surface area contributed by atoms with E-state index >= 15 is 0 Å². The van der Waals surface area contributed by atoms with Gasteiger partial charge in [-0.15, -0.1) is 0 Å². The third-order valence-electron chi connectivity index (χ3n) is 4.46. The molecule has 0 aliphatic carbocycles. The van der Waals surface area contributed by atoms with Crippen molar-refractivity contribution in [2.45, 2.75) is 16.7 Å². The lowest BCUT2D eigenvalue weighted by Gasteiger charge is -2.14. The first kappa shape index (κ1) is 21.5. The number of para-hydroxylation sites is 1. The molecule has 0 radical (unpaired) electrons. The van der Waals surface area contributed by atoms with Crippen LogP contribution in [0.4, 0.5) is 5.69 Å². The van der Waals surface area contributed by atoms with Crippen LogP contribution in [0.2, 0.25) is 10.0 Å². The maximum absolute atomic E-state index is 12.6. The number of rotatable bonds is 6. The van der Waals surface area contributed by atoms with Gasteiger partial charge < -0.3 is 10.1 Å². The number of halogens is 2. The quantitative estimate of drug-likeness (QED) is 0.330. The lowest BCUT2D eigenvalue weighted by molar-refractivity contribution is -0.118. The zero-order chi connectivity index (χ0) is 21.8. The summed E-state index contributed by atoms with van der Waals surface area (Å²) in [4.78, 5) is 19.2. The zero-order valence-electron chi connectivity index (χ0n) is 16.6. The Hall–Kier alpha value is -2.73. The molecule has 0 fully saturated rings. The normalized spacial score (nSPS) is 10.8. The molecule has 0 aliphatic heterocycles. The van der Waals surface area contributed by atoms with E-state index in [2.05, 4.69) is 10.3 Å². The molecule has 0 spiro atoms. The molecular weight excluding hydrogens is 451 g/mol. The topological polar surface area (TPSA) is 51.2 Å². The lowest BCUT2D eigenvalue weighted by atomic mass is 10.2. The lowest BCUT2D eigenvalue weighted by Crippen LogP contribution is -2.20. The summed E-state index contributed by atoms with van der Waals surface area (Å²) >= 11 is 14.2. The van der Waals surface area contributed by atoms with Crippen molar-refractivity contribution in [1.82, 2.24) is 4.98 Å². The molecule has 156 valence electrons. The van der Waals surface area contributed by atoms with Crippen molar-refractivity contribution in [1.29, 1.82) is 0 Å². The van der Waals surface area contributed by atoms with Crippen molar-refractivity contribution in [3.63, 3.8) is 0 Å². The van der Waals surface area contributed by atoms with E-state index in [9.17, 15) is 4.79 Å². The van der Waals surface area contributed by atoms with Crippen LogP contribution in [-0.4, -0.2) is 17.5 Å². The van der Waals surface area contributed by atoms with Gasteiger partial charge in [-0.05, 0) is 49.4 Å². The van der Waals surface area contributed by atoms with E-state index in [1.54, 1.807) is 17.8 Å². The van der Waals surface area contributed by atoms with Crippen LogP contribution >= 0.6 is 35.0 Å². The summed E-state index contributed by atoms with van der Waals surface area (Å²) < 4.78 is 5.78. The Morgan fingerprint density at radius 1 is 1.00 bits per heavy atom. The van der Waals surface area contributed by atoms with E-state index < -0.39 is 0 Å². The highest BCUT2D eigenvalue weighted by molar-refractivity contribution is 7.99. The van der Waals surface area contributed by atoms with Crippen LogP contribution in [0, 0.1) is 6.92 Å². The van der Waals surface area contributed by atoms with E-state index in [0.29, 0.717) is 27.0 Å². The molecule has 4 rings (SSSR count). The van der Waals surface area contributed by atoms with Crippen LogP contribution in [0.5, 0.6) is 5.75 Å². The molecule has 1 heterocycles. The van der Waals surface area contributed by atoms with Crippen molar-refractivity contribution in [3.05, 3.63) is 88.5 Å². The number of aryl methyl sites for hydroxylation is 1. The van der Waals surface area contributed by atoms with Crippen LogP contribution in [0.25, 0.3) is 10.9 Å². The van der Waals surface area contributed by atoms with Crippen LogP contribution < -0.4 is 10.1 Å². The molecule has 1 amide bonds. The van der Waals surface area contributed by atoms with Crippen molar-refractivity contribution in [2.24, 2.45) is 0 Å². The predicted molar refractivity (Wildman–Crippen MR) is 128 cm³/mol. The summed E-state index contributed by atoms with van der Waals surface area (Å²) in [5.41, 5.74) is 2.04. The molecule has 0 atom stereocenters. The SMILES string of the molecule is Cc1ccc2c(Cl)cc(Cl)c(OCC(=O)Nc3ccccc3Sc3ccccc3)c2n1. The Kier molecular flexibility index (Phi) is 6.66. The number of hydrogen-bond donors (Lipinski definition) is 1. The summed E-state index contributed by atoms with van der Waals surface area (Å²) in [6, 6.07) is 22.9. The first-order valence-electron chi connectivity index (χ1n) is 9.51. The van der Waals surface area contributed by atoms with Gasteiger partial charge in [-0.2, -0.15) is 0 Å². The standard InChI is InChI=1S/C24H18Cl2N2O2S/c1-15-11-12-17-18(25)13-19(26)24(23(17)27-15)30-14-22(29)28-20-9-5-6-10-21(20)31-16-7-3-2-4-8-16/h2-13H,14H2,1H3,(H,28,29). The second-order valence-corrected chi connectivity index (χ2v) is 8.70. The van der Waals surface area contributed by atoms with E-state index in [0.717, 1.165) is 20.9 Å². The molecule has 0 saturated heterocycles. The van der Waals surface area contributed by atoms with Gasteiger partial charge in [0.2, 0.25) is 0 Å². The van der Waals surface area contributed by atoms with Crippen LogP contribution in [-0.2, 0) is 4.79 Å². The fourth-order valence-electron chi connectivity index (χ4n) is 3.03. The first-order chi connectivity index (χ1) is 15.0. The highest BCUT2D eigenvalue weighted by Crippen LogP contribution is 2.37. The number of aromatic nitrogens is 1. The predicted octanol–water partition coefficient (Wildman–Crippen LogP) is 7.02. The van der Waals surface area contributed by atoms with E-state index in [4.69, 9.17) is 27.9 Å². The number of ether oxygens (including phenoxy) is 1. The van der Waals surface area contributed by atoms with Gasteiger partial charge >= 0.3 is 0 Å². The zero-order valence-corrected chi connectivity index (χ0v) is 18.9. The molecule has 0 bridgehead atoms. The number of fused-ring (bicyclic) bond motifs is 1. The van der Waals surface area contributed by atoms with Crippen LogP contribution in [0.15, 0.2) is 82.6 Å². The van der Waals surface area contributed by atoms with Gasteiger partial charge in [-0.25, -0.2) is 4.98 Å². The average molecular weight is 469 g/mol. The number of nitrogens with one attached hydrogen (secondary N) is 1. The van der Waals surface area contributed by atoms with Gasteiger partial charge in [0.05, 0.1) is 15.7 Å². The molecule has 0 unspecified atom stereocenters. The molecule has 31 heavy (non-hydrogen) atoms. The minimum atomic E-state index is -0.298. The molecule has 3 aromatic carbocycles. The van der Waals surface area contributed by atoms with Crippen LogP contribution in [0.3, 0.4) is 0 Å². The fourth-order valence-corrected chi connectivity index (χ4v) is 4.52. The molecule has 4 nitrogen and oxygen atoms in total. The summed E-state index contributed by atoms with van der Waals surface area (Å²) in [5.74, 6) is 0.0415. The molecule has 0 saturated carbocycles. The third kappa shape index (κ3) is 5.13.